The molecule has 1 aromatic heterocycles. The molecule has 2 nitrogen and oxygen atoms in total. The number of aromatic nitrogens is 1. The van der Waals surface area contributed by atoms with E-state index >= 15 is 0 Å². The molecule has 0 unspecified atom stereocenters. The molecule has 0 saturated heterocycles. The van der Waals surface area contributed by atoms with E-state index in [2.05, 4.69) is 4.98 Å². The Morgan fingerprint density at radius 2 is 2.21 bits per heavy atom. The molecule has 14 heavy (non-hydrogen) atoms. The number of benzene rings is 1. The number of aldehydes is 1. The van der Waals surface area contributed by atoms with Crippen molar-refractivity contribution in [2.45, 2.75) is 6.92 Å². The SMILES string of the molecule is Cc1ccc2ncc(C=O)c(Cl)c2c1. The number of carbonyl (C=O) groups is 1. The van der Waals surface area contributed by atoms with Crippen molar-refractivity contribution in [3.05, 3.63) is 40.5 Å². The van der Waals surface area contributed by atoms with Crippen molar-refractivity contribution in [1.29, 1.82) is 0 Å². The van der Waals surface area contributed by atoms with E-state index in [1.54, 1.807) is 0 Å². The summed E-state index contributed by atoms with van der Waals surface area (Å²) in [7, 11) is 0. The van der Waals surface area contributed by atoms with Crippen molar-refractivity contribution in [2.75, 3.05) is 0 Å². The third kappa shape index (κ3) is 1.38. The summed E-state index contributed by atoms with van der Waals surface area (Å²) >= 11 is 6.04. The van der Waals surface area contributed by atoms with Gasteiger partial charge in [0.15, 0.2) is 6.29 Å². The van der Waals surface area contributed by atoms with E-state index in [0.717, 1.165) is 22.8 Å². The second kappa shape index (κ2) is 3.39. The average Bonchev–Trinajstić information content (AvgIpc) is 2.20. The van der Waals surface area contributed by atoms with Crippen molar-refractivity contribution in [3.63, 3.8) is 0 Å². The zero-order chi connectivity index (χ0) is 10.1. The van der Waals surface area contributed by atoms with Gasteiger partial charge < -0.3 is 0 Å². The van der Waals surface area contributed by atoms with Gasteiger partial charge in [-0.15, -0.1) is 0 Å². The number of nitrogens with zero attached hydrogens (tertiary/aromatic N) is 1. The maximum absolute atomic E-state index is 10.6. The predicted molar refractivity (Wildman–Crippen MR) is 56.9 cm³/mol. The minimum Gasteiger partial charge on any atom is -0.298 e. The predicted octanol–water partition coefficient (Wildman–Crippen LogP) is 3.01. The molecule has 0 spiro atoms. The summed E-state index contributed by atoms with van der Waals surface area (Å²) < 4.78 is 0. The molecule has 0 aliphatic heterocycles. The Morgan fingerprint density at radius 1 is 1.43 bits per heavy atom. The van der Waals surface area contributed by atoms with Gasteiger partial charge in [-0.1, -0.05) is 23.2 Å². The zero-order valence-electron chi connectivity index (χ0n) is 7.62. The third-order valence-electron chi connectivity index (χ3n) is 2.11. The van der Waals surface area contributed by atoms with Gasteiger partial charge in [-0.25, -0.2) is 0 Å². The lowest BCUT2D eigenvalue weighted by Crippen LogP contribution is -1.88. The fourth-order valence-corrected chi connectivity index (χ4v) is 1.62. The van der Waals surface area contributed by atoms with Crippen LogP contribution >= 0.6 is 11.6 Å². The van der Waals surface area contributed by atoms with Crippen molar-refractivity contribution < 1.29 is 4.79 Å². The van der Waals surface area contributed by atoms with E-state index in [4.69, 9.17) is 11.6 Å². The summed E-state index contributed by atoms with van der Waals surface area (Å²) in [5.41, 5.74) is 2.35. The third-order valence-corrected chi connectivity index (χ3v) is 2.53. The van der Waals surface area contributed by atoms with E-state index in [9.17, 15) is 4.79 Å². The van der Waals surface area contributed by atoms with Crippen LogP contribution in [0.15, 0.2) is 24.4 Å². The molecule has 0 N–H and O–H groups in total. The summed E-state index contributed by atoms with van der Waals surface area (Å²) in [6.45, 7) is 1.98. The van der Waals surface area contributed by atoms with Crippen LogP contribution < -0.4 is 0 Å². The Bertz CT molecular complexity index is 508. The summed E-state index contributed by atoms with van der Waals surface area (Å²) in [6.07, 6.45) is 2.21. The molecule has 2 aromatic rings. The number of hydrogen-bond acceptors (Lipinski definition) is 2. The quantitative estimate of drug-likeness (QED) is 0.670. The Labute approximate surface area is 86.5 Å². The van der Waals surface area contributed by atoms with Crippen molar-refractivity contribution in [1.82, 2.24) is 4.98 Å². The summed E-state index contributed by atoms with van der Waals surface area (Å²) in [5.74, 6) is 0. The molecule has 3 heteroatoms. The first kappa shape index (κ1) is 9.16. The highest BCUT2D eigenvalue weighted by atomic mass is 35.5. The lowest BCUT2D eigenvalue weighted by molar-refractivity contribution is 0.112. The highest BCUT2D eigenvalue weighted by molar-refractivity contribution is 6.37. The smallest absolute Gasteiger partial charge is 0.153 e. The normalized spacial score (nSPS) is 10.4. The molecular formula is C11H8ClNO. The van der Waals surface area contributed by atoms with E-state index < -0.39 is 0 Å². The number of carbonyl (C=O) groups excluding carboxylic acids is 1. The van der Waals surface area contributed by atoms with E-state index in [0.29, 0.717) is 10.6 Å². The molecule has 1 heterocycles. The Morgan fingerprint density at radius 3 is 2.93 bits per heavy atom. The van der Waals surface area contributed by atoms with E-state index in [1.807, 2.05) is 25.1 Å². The van der Waals surface area contributed by atoms with Crippen LogP contribution in [0.4, 0.5) is 0 Å². The monoisotopic (exact) mass is 205 g/mol. The fraction of sp³-hybridized carbons (Fsp3) is 0.0909. The minimum absolute atomic E-state index is 0.435. The zero-order valence-corrected chi connectivity index (χ0v) is 8.38. The van der Waals surface area contributed by atoms with Crippen LogP contribution in [0.2, 0.25) is 5.02 Å². The number of halogens is 1. The van der Waals surface area contributed by atoms with Gasteiger partial charge in [0.2, 0.25) is 0 Å². The first-order valence-electron chi connectivity index (χ1n) is 4.22. The highest BCUT2D eigenvalue weighted by Gasteiger charge is 2.05. The van der Waals surface area contributed by atoms with E-state index in [-0.39, 0.29) is 0 Å². The number of rotatable bonds is 1. The van der Waals surface area contributed by atoms with Gasteiger partial charge in [0.1, 0.15) is 0 Å². The molecule has 70 valence electrons. The maximum atomic E-state index is 10.6. The van der Waals surface area contributed by atoms with Gasteiger partial charge in [-0.05, 0) is 19.1 Å². The minimum atomic E-state index is 0.435. The molecule has 0 aliphatic rings. The topological polar surface area (TPSA) is 30.0 Å². The van der Waals surface area contributed by atoms with Gasteiger partial charge in [-0.3, -0.25) is 9.78 Å². The van der Waals surface area contributed by atoms with Crippen molar-refractivity contribution in [3.8, 4) is 0 Å². The molecule has 0 amide bonds. The average molecular weight is 206 g/mol. The standard InChI is InChI=1S/C11H8ClNO/c1-7-2-3-10-9(4-7)11(12)8(6-14)5-13-10/h2-6H,1H3. The lowest BCUT2D eigenvalue weighted by atomic mass is 10.1. The van der Waals surface area contributed by atoms with Crippen LogP contribution in [0.25, 0.3) is 10.9 Å². The van der Waals surface area contributed by atoms with Crippen LogP contribution in [0.1, 0.15) is 15.9 Å². The summed E-state index contributed by atoms with van der Waals surface area (Å²) in [5, 5.41) is 1.31. The molecule has 0 radical (unpaired) electrons. The number of pyridine rings is 1. The molecular weight excluding hydrogens is 198 g/mol. The molecule has 2 rings (SSSR count). The first-order chi connectivity index (χ1) is 6.72. The fourth-order valence-electron chi connectivity index (χ4n) is 1.37. The number of fused-ring (bicyclic) bond motifs is 1. The Balaban J connectivity index is 2.86. The van der Waals surface area contributed by atoms with E-state index in [1.165, 1.54) is 6.20 Å². The van der Waals surface area contributed by atoms with Crippen LogP contribution in [0.3, 0.4) is 0 Å². The Hall–Kier alpha value is -1.41. The largest absolute Gasteiger partial charge is 0.298 e. The van der Waals surface area contributed by atoms with Crippen LogP contribution in [0, 0.1) is 6.92 Å². The summed E-state index contributed by atoms with van der Waals surface area (Å²) in [4.78, 5) is 14.8. The van der Waals surface area contributed by atoms with Gasteiger partial charge in [0, 0.05) is 11.6 Å². The second-order valence-corrected chi connectivity index (χ2v) is 3.54. The van der Waals surface area contributed by atoms with Gasteiger partial charge in [0.05, 0.1) is 16.1 Å². The Kier molecular flexibility index (Phi) is 2.22. The molecule has 1 aromatic carbocycles. The molecule has 0 aliphatic carbocycles. The summed E-state index contributed by atoms with van der Waals surface area (Å²) in [6, 6.07) is 5.79. The lowest BCUT2D eigenvalue weighted by Gasteiger charge is -2.02. The molecule has 0 fully saturated rings. The molecule has 0 bridgehead atoms. The maximum Gasteiger partial charge on any atom is 0.153 e. The number of hydrogen-bond donors (Lipinski definition) is 0. The van der Waals surface area contributed by atoms with Gasteiger partial charge in [0.25, 0.3) is 0 Å². The molecule has 0 atom stereocenters. The van der Waals surface area contributed by atoms with Gasteiger partial charge in [-0.2, -0.15) is 0 Å². The van der Waals surface area contributed by atoms with Crippen molar-refractivity contribution >= 4 is 28.8 Å². The first-order valence-corrected chi connectivity index (χ1v) is 4.60. The van der Waals surface area contributed by atoms with Gasteiger partial charge >= 0.3 is 0 Å². The molecule has 0 saturated carbocycles. The second-order valence-electron chi connectivity index (χ2n) is 3.17. The van der Waals surface area contributed by atoms with Crippen molar-refractivity contribution in [2.24, 2.45) is 0 Å². The van der Waals surface area contributed by atoms with Crippen LogP contribution in [-0.2, 0) is 0 Å². The van der Waals surface area contributed by atoms with Crippen LogP contribution in [0.5, 0.6) is 0 Å². The van der Waals surface area contributed by atoms with Crippen LogP contribution in [-0.4, -0.2) is 11.3 Å². The highest BCUT2D eigenvalue weighted by Crippen LogP contribution is 2.25. The number of aryl methyl sites for hydroxylation is 1.